The molecule has 126 valence electrons. The van der Waals surface area contributed by atoms with Gasteiger partial charge in [-0.25, -0.2) is 0 Å². The Bertz CT molecular complexity index is 700. The lowest BCUT2D eigenvalue weighted by Gasteiger charge is -2.22. The van der Waals surface area contributed by atoms with E-state index >= 15 is 0 Å². The summed E-state index contributed by atoms with van der Waals surface area (Å²) in [5.74, 6) is -0.737. The summed E-state index contributed by atoms with van der Waals surface area (Å²) in [6.07, 6.45) is -0.915. The van der Waals surface area contributed by atoms with Crippen molar-refractivity contribution in [3.8, 4) is 5.75 Å². The molecule has 0 aromatic heterocycles. The van der Waals surface area contributed by atoms with Gasteiger partial charge in [-0.1, -0.05) is 42.5 Å². The SMILES string of the molecule is Cc1ccccc1C(CC(=O)O)NC(=O)C(C)Oc1ccccc1. The Morgan fingerprint density at radius 3 is 2.33 bits per heavy atom. The Balaban J connectivity index is 2.09. The van der Waals surface area contributed by atoms with Gasteiger partial charge in [-0.05, 0) is 37.1 Å². The molecule has 0 spiro atoms. The van der Waals surface area contributed by atoms with Gasteiger partial charge in [-0.15, -0.1) is 0 Å². The smallest absolute Gasteiger partial charge is 0.305 e. The van der Waals surface area contributed by atoms with Crippen molar-refractivity contribution < 1.29 is 19.4 Å². The zero-order valence-electron chi connectivity index (χ0n) is 13.7. The maximum absolute atomic E-state index is 12.4. The average Bonchev–Trinajstić information content (AvgIpc) is 2.55. The summed E-state index contributed by atoms with van der Waals surface area (Å²) in [6, 6.07) is 15.8. The van der Waals surface area contributed by atoms with Crippen molar-refractivity contribution >= 4 is 11.9 Å². The molecular formula is C19H21NO4. The molecule has 0 fully saturated rings. The van der Waals surface area contributed by atoms with E-state index in [4.69, 9.17) is 9.84 Å². The Labute approximate surface area is 141 Å². The molecule has 0 aliphatic carbocycles. The third-order valence-corrected chi connectivity index (χ3v) is 3.68. The second kappa shape index (κ2) is 8.15. The molecule has 2 atom stereocenters. The number of carbonyl (C=O) groups is 2. The lowest BCUT2D eigenvalue weighted by Crippen LogP contribution is -2.39. The predicted octanol–water partition coefficient (Wildman–Crippen LogP) is 3.09. The summed E-state index contributed by atoms with van der Waals surface area (Å²) >= 11 is 0. The molecule has 0 saturated carbocycles. The van der Waals surface area contributed by atoms with Crippen LogP contribution in [-0.4, -0.2) is 23.1 Å². The highest BCUT2D eigenvalue weighted by molar-refractivity contribution is 5.82. The van der Waals surface area contributed by atoms with Gasteiger partial charge in [0.1, 0.15) is 5.75 Å². The Hall–Kier alpha value is -2.82. The molecule has 2 aromatic carbocycles. The number of amides is 1. The van der Waals surface area contributed by atoms with Crippen LogP contribution >= 0.6 is 0 Å². The van der Waals surface area contributed by atoms with E-state index in [2.05, 4.69) is 5.32 Å². The predicted molar refractivity (Wildman–Crippen MR) is 90.8 cm³/mol. The summed E-state index contributed by atoms with van der Waals surface area (Å²) < 4.78 is 5.59. The van der Waals surface area contributed by atoms with Crippen LogP contribution in [0.4, 0.5) is 0 Å². The van der Waals surface area contributed by atoms with Gasteiger partial charge in [0.15, 0.2) is 6.10 Å². The topological polar surface area (TPSA) is 75.6 Å². The maximum atomic E-state index is 12.4. The van der Waals surface area contributed by atoms with E-state index in [0.29, 0.717) is 5.75 Å². The lowest BCUT2D eigenvalue weighted by molar-refractivity contribution is -0.138. The second-order valence-electron chi connectivity index (χ2n) is 5.59. The number of benzene rings is 2. The van der Waals surface area contributed by atoms with Crippen LogP contribution < -0.4 is 10.1 Å². The molecule has 2 aromatic rings. The van der Waals surface area contributed by atoms with Crippen molar-refractivity contribution in [1.82, 2.24) is 5.32 Å². The summed E-state index contributed by atoms with van der Waals surface area (Å²) in [7, 11) is 0. The number of carboxylic acid groups (broad SMARTS) is 1. The molecule has 2 unspecified atom stereocenters. The third-order valence-electron chi connectivity index (χ3n) is 3.68. The lowest BCUT2D eigenvalue weighted by atomic mass is 9.98. The highest BCUT2D eigenvalue weighted by atomic mass is 16.5. The molecule has 5 nitrogen and oxygen atoms in total. The van der Waals surface area contributed by atoms with Crippen LogP contribution in [-0.2, 0) is 9.59 Å². The van der Waals surface area contributed by atoms with E-state index in [9.17, 15) is 9.59 Å². The minimum Gasteiger partial charge on any atom is -0.481 e. The number of hydrogen-bond donors (Lipinski definition) is 2. The van der Waals surface area contributed by atoms with Gasteiger partial charge >= 0.3 is 5.97 Å². The van der Waals surface area contributed by atoms with E-state index in [0.717, 1.165) is 11.1 Å². The molecule has 0 aliphatic heterocycles. The number of carbonyl (C=O) groups excluding carboxylic acids is 1. The monoisotopic (exact) mass is 327 g/mol. The van der Waals surface area contributed by atoms with Crippen molar-refractivity contribution in [2.45, 2.75) is 32.4 Å². The van der Waals surface area contributed by atoms with Gasteiger partial charge < -0.3 is 15.2 Å². The van der Waals surface area contributed by atoms with Gasteiger partial charge in [-0.2, -0.15) is 0 Å². The molecule has 5 heteroatoms. The first-order valence-corrected chi connectivity index (χ1v) is 7.76. The zero-order valence-corrected chi connectivity index (χ0v) is 13.7. The van der Waals surface area contributed by atoms with Crippen LogP contribution in [0.25, 0.3) is 0 Å². The molecule has 0 radical (unpaired) electrons. The molecule has 2 N–H and O–H groups in total. The molecule has 24 heavy (non-hydrogen) atoms. The van der Waals surface area contributed by atoms with Gasteiger partial charge in [0.05, 0.1) is 12.5 Å². The van der Waals surface area contributed by atoms with Crippen LogP contribution in [0.15, 0.2) is 54.6 Å². The summed E-state index contributed by atoms with van der Waals surface area (Å²) in [6.45, 7) is 3.53. The number of para-hydroxylation sites is 1. The zero-order chi connectivity index (χ0) is 17.5. The number of rotatable bonds is 7. The van der Waals surface area contributed by atoms with E-state index in [1.807, 2.05) is 49.4 Å². The van der Waals surface area contributed by atoms with Gasteiger partial charge in [-0.3, -0.25) is 9.59 Å². The van der Waals surface area contributed by atoms with Crippen LogP contribution in [0.2, 0.25) is 0 Å². The highest BCUT2D eigenvalue weighted by Crippen LogP contribution is 2.21. The van der Waals surface area contributed by atoms with E-state index in [1.165, 1.54) is 0 Å². The largest absolute Gasteiger partial charge is 0.481 e. The maximum Gasteiger partial charge on any atom is 0.305 e. The quantitative estimate of drug-likeness (QED) is 0.819. The van der Waals surface area contributed by atoms with E-state index in [1.54, 1.807) is 19.1 Å². The minimum absolute atomic E-state index is 0.186. The molecule has 0 aliphatic rings. The number of carboxylic acids is 1. The molecule has 1 amide bonds. The molecule has 0 bridgehead atoms. The number of nitrogens with one attached hydrogen (secondary N) is 1. The fourth-order valence-electron chi connectivity index (χ4n) is 2.44. The van der Waals surface area contributed by atoms with Crippen LogP contribution in [0.3, 0.4) is 0 Å². The summed E-state index contributed by atoms with van der Waals surface area (Å²) in [5.41, 5.74) is 1.72. The fraction of sp³-hybridized carbons (Fsp3) is 0.263. The summed E-state index contributed by atoms with van der Waals surface area (Å²) in [5, 5.41) is 11.9. The Morgan fingerprint density at radius 2 is 1.71 bits per heavy atom. The Morgan fingerprint density at radius 1 is 1.08 bits per heavy atom. The van der Waals surface area contributed by atoms with Crippen molar-refractivity contribution in [2.24, 2.45) is 0 Å². The normalized spacial score (nSPS) is 12.9. The van der Waals surface area contributed by atoms with Gasteiger partial charge in [0.2, 0.25) is 0 Å². The third kappa shape index (κ3) is 4.84. The highest BCUT2D eigenvalue weighted by Gasteiger charge is 2.23. The number of hydrogen-bond acceptors (Lipinski definition) is 3. The minimum atomic E-state index is -0.972. The van der Waals surface area contributed by atoms with Crippen molar-refractivity contribution in [1.29, 1.82) is 0 Å². The van der Waals surface area contributed by atoms with Crippen LogP contribution in [0.5, 0.6) is 5.75 Å². The van der Waals surface area contributed by atoms with Crippen molar-refractivity contribution in [3.05, 3.63) is 65.7 Å². The van der Waals surface area contributed by atoms with Gasteiger partial charge in [0.25, 0.3) is 5.91 Å². The first kappa shape index (κ1) is 17.5. The molecule has 2 rings (SSSR count). The second-order valence-corrected chi connectivity index (χ2v) is 5.59. The molecule has 0 saturated heterocycles. The summed E-state index contributed by atoms with van der Waals surface area (Å²) in [4.78, 5) is 23.5. The van der Waals surface area contributed by atoms with Crippen molar-refractivity contribution in [3.63, 3.8) is 0 Å². The van der Waals surface area contributed by atoms with E-state index in [-0.39, 0.29) is 12.3 Å². The van der Waals surface area contributed by atoms with Gasteiger partial charge in [0, 0.05) is 0 Å². The average molecular weight is 327 g/mol. The first-order valence-electron chi connectivity index (χ1n) is 7.76. The van der Waals surface area contributed by atoms with Crippen LogP contribution in [0.1, 0.15) is 30.5 Å². The molecular weight excluding hydrogens is 306 g/mol. The first-order chi connectivity index (χ1) is 11.5. The van der Waals surface area contributed by atoms with E-state index < -0.39 is 18.1 Å². The molecule has 0 heterocycles. The Kier molecular flexibility index (Phi) is 5.95. The number of aliphatic carboxylic acids is 1. The number of aryl methyl sites for hydroxylation is 1. The fourth-order valence-corrected chi connectivity index (χ4v) is 2.44. The standard InChI is InChI=1S/C19H21NO4/c1-13-8-6-7-11-16(13)17(12-18(21)22)20-19(23)14(2)24-15-9-4-3-5-10-15/h3-11,14,17H,12H2,1-2H3,(H,20,23)(H,21,22). The number of ether oxygens (including phenoxy) is 1. The van der Waals surface area contributed by atoms with Crippen molar-refractivity contribution in [2.75, 3.05) is 0 Å². The van der Waals surface area contributed by atoms with Crippen LogP contribution in [0, 0.1) is 6.92 Å².